The van der Waals surface area contributed by atoms with Crippen molar-refractivity contribution in [3.63, 3.8) is 0 Å². The maximum absolute atomic E-state index is 13.0. The van der Waals surface area contributed by atoms with Gasteiger partial charge in [-0.25, -0.2) is 9.13 Å². The van der Waals surface area contributed by atoms with E-state index in [1.54, 1.807) is 0 Å². The maximum Gasteiger partial charge on any atom is 0.472 e. The van der Waals surface area contributed by atoms with E-state index in [1.165, 1.54) is 103 Å². The summed E-state index contributed by atoms with van der Waals surface area (Å²) in [6, 6.07) is 0. The molecule has 6 atom stereocenters. The highest BCUT2D eigenvalue weighted by Gasteiger charge is 2.30. The Balaban J connectivity index is 5.28. The number of aliphatic hydroxyl groups excluding tert-OH is 1. The van der Waals surface area contributed by atoms with Gasteiger partial charge in [0.2, 0.25) is 0 Å². The number of carbonyl (C=O) groups is 4. The van der Waals surface area contributed by atoms with E-state index >= 15 is 0 Å². The lowest BCUT2D eigenvalue weighted by Gasteiger charge is -2.21. The molecule has 0 rings (SSSR count). The Morgan fingerprint density at radius 3 is 1.02 bits per heavy atom. The number of phosphoric ester groups is 2. The zero-order valence-electron chi connectivity index (χ0n) is 56.0. The summed E-state index contributed by atoms with van der Waals surface area (Å²) in [5, 5.41) is 10.6. The number of phosphoric acid groups is 2. The summed E-state index contributed by atoms with van der Waals surface area (Å²) in [7, 11) is -9.91. The Bertz CT molecular complexity index is 1810. The summed E-state index contributed by atoms with van der Waals surface area (Å²) in [5.41, 5.74) is 0. The van der Waals surface area contributed by atoms with Crippen molar-refractivity contribution in [3.8, 4) is 0 Å². The summed E-state index contributed by atoms with van der Waals surface area (Å²) in [4.78, 5) is 72.4. The predicted octanol–water partition coefficient (Wildman–Crippen LogP) is 18.6. The number of aliphatic hydroxyl groups is 1. The van der Waals surface area contributed by atoms with Crippen LogP contribution in [0.1, 0.15) is 312 Å². The molecule has 0 aliphatic heterocycles. The number of esters is 4. The monoisotopic (exact) mass is 1280 g/mol. The SMILES string of the molecule is CCCCCC/C=C\C=C/CCCCCCCC(=O)O[C@H](COC(=O)CCCCCCCCC(C)C)COP(=O)(O)OC[C@H](O)COP(=O)(O)OC[C@@H](COC(=O)CCCCCCCCCCC(C)C)OC(=O)CCCCCCCCCCC(C)CC. The van der Waals surface area contributed by atoms with E-state index in [-0.39, 0.29) is 25.7 Å². The first-order chi connectivity index (χ1) is 41.8. The molecule has 19 heteroatoms. The van der Waals surface area contributed by atoms with E-state index in [4.69, 9.17) is 37.0 Å². The molecular weight excluding hydrogens is 1150 g/mol. The molecule has 0 aromatic carbocycles. The number of ether oxygens (including phenoxy) is 4. The molecule has 3 unspecified atom stereocenters. The first kappa shape index (κ1) is 84.5. The van der Waals surface area contributed by atoms with Crippen LogP contribution >= 0.6 is 15.6 Å². The number of hydrogen-bond acceptors (Lipinski definition) is 15. The van der Waals surface area contributed by atoms with Gasteiger partial charge in [0.05, 0.1) is 26.4 Å². The minimum absolute atomic E-state index is 0.0833. The molecule has 0 aromatic heterocycles. The number of rotatable bonds is 64. The molecule has 0 amide bonds. The topological polar surface area (TPSA) is 237 Å². The van der Waals surface area contributed by atoms with Crippen LogP contribution in [0.15, 0.2) is 24.3 Å². The largest absolute Gasteiger partial charge is 0.472 e. The van der Waals surface area contributed by atoms with Crippen LogP contribution in [0.2, 0.25) is 0 Å². The number of hydrogen-bond donors (Lipinski definition) is 3. The smallest absolute Gasteiger partial charge is 0.462 e. The number of allylic oxidation sites excluding steroid dienone is 4. The Morgan fingerprint density at radius 1 is 0.379 bits per heavy atom. The first-order valence-corrected chi connectivity index (χ1v) is 37.7. The van der Waals surface area contributed by atoms with Crippen molar-refractivity contribution in [1.29, 1.82) is 0 Å². The predicted molar refractivity (Wildman–Crippen MR) is 349 cm³/mol. The summed E-state index contributed by atoms with van der Waals surface area (Å²) in [6.45, 7) is 11.6. The second-order valence-electron chi connectivity index (χ2n) is 25.1. The molecule has 17 nitrogen and oxygen atoms in total. The molecule has 0 aliphatic carbocycles. The lowest BCUT2D eigenvalue weighted by molar-refractivity contribution is -0.161. The van der Waals surface area contributed by atoms with Crippen LogP contribution in [0, 0.1) is 17.8 Å². The Labute approximate surface area is 529 Å². The summed E-state index contributed by atoms with van der Waals surface area (Å²) in [6.07, 6.45) is 44.0. The summed E-state index contributed by atoms with van der Waals surface area (Å²) >= 11 is 0. The number of unbranched alkanes of at least 4 members (excludes halogenated alkanes) is 28. The van der Waals surface area contributed by atoms with Gasteiger partial charge in [-0.2, -0.15) is 0 Å². The van der Waals surface area contributed by atoms with Crippen molar-refractivity contribution in [3.05, 3.63) is 24.3 Å². The fourth-order valence-electron chi connectivity index (χ4n) is 9.61. The van der Waals surface area contributed by atoms with Crippen molar-refractivity contribution in [2.75, 3.05) is 39.6 Å². The van der Waals surface area contributed by atoms with Crippen molar-refractivity contribution in [1.82, 2.24) is 0 Å². The third kappa shape index (κ3) is 60.9. The molecular formula is C68H128O17P2. The second-order valence-corrected chi connectivity index (χ2v) is 28.0. The van der Waals surface area contributed by atoms with Crippen LogP contribution in [0.3, 0.4) is 0 Å². The van der Waals surface area contributed by atoms with Gasteiger partial charge >= 0.3 is 39.5 Å². The normalized spacial score (nSPS) is 14.8. The molecule has 0 spiro atoms. The third-order valence-electron chi connectivity index (χ3n) is 15.4. The highest BCUT2D eigenvalue weighted by molar-refractivity contribution is 7.47. The van der Waals surface area contributed by atoms with Crippen LogP contribution in [0.4, 0.5) is 0 Å². The van der Waals surface area contributed by atoms with Crippen molar-refractivity contribution < 1.29 is 80.2 Å². The highest BCUT2D eigenvalue weighted by Crippen LogP contribution is 2.45. The van der Waals surface area contributed by atoms with Crippen LogP contribution in [0.5, 0.6) is 0 Å². The van der Waals surface area contributed by atoms with Crippen molar-refractivity contribution in [2.24, 2.45) is 17.8 Å². The molecule has 0 aliphatic rings. The van der Waals surface area contributed by atoms with Gasteiger partial charge in [0.1, 0.15) is 19.3 Å². The maximum atomic E-state index is 13.0. The number of carbonyl (C=O) groups excluding carboxylic acids is 4. The van der Waals surface area contributed by atoms with E-state index in [9.17, 15) is 43.2 Å². The van der Waals surface area contributed by atoms with Crippen molar-refractivity contribution >= 4 is 39.5 Å². The molecule has 0 fully saturated rings. The lowest BCUT2D eigenvalue weighted by Crippen LogP contribution is -2.30. The van der Waals surface area contributed by atoms with Gasteiger partial charge in [0.25, 0.3) is 0 Å². The van der Waals surface area contributed by atoms with Crippen LogP contribution in [-0.4, -0.2) is 96.7 Å². The Morgan fingerprint density at radius 2 is 0.678 bits per heavy atom. The van der Waals surface area contributed by atoms with Crippen LogP contribution < -0.4 is 0 Å². The fraction of sp³-hybridized carbons (Fsp3) is 0.882. The molecule has 0 aromatic rings. The molecule has 0 saturated carbocycles. The van der Waals surface area contributed by atoms with Gasteiger partial charge in [-0.3, -0.25) is 37.3 Å². The Kier molecular flexibility index (Phi) is 57.0. The van der Waals surface area contributed by atoms with E-state index in [0.29, 0.717) is 31.6 Å². The summed E-state index contributed by atoms with van der Waals surface area (Å²) < 4.78 is 68.1. The third-order valence-corrected chi connectivity index (χ3v) is 17.3. The molecule has 0 bridgehead atoms. The Hall–Kier alpha value is -2.46. The zero-order valence-corrected chi connectivity index (χ0v) is 57.7. The molecule has 0 heterocycles. The zero-order chi connectivity index (χ0) is 64.5. The van der Waals surface area contributed by atoms with Crippen LogP contribution in [0.25, 0.3) is 0 Å². The van der Waals surface area contributed by atoms with Gasteiger partial charge in [0, 0.05) is 25.7 Å². The highest BCUT2D eigenvalue weighted by atomic mass is 31.2. The standard InChI is InChI=1S/C68H128O17P2/c1-8-10-11-12-13-14-15-16-17-18-19-20-28-37-44-51-67(72)84-64(56-79-66(71)50-43-36-31-30-33-40-47-60(5)6)58-83-87(76,77)81-54-62(69)53-80-86(74,75)82-57-63(55-78-65(70)49-42-35-27-23-21-25-32-39-46-59(3)4)85-68(73)52-45-38-29-24-22-26-34-41-48-61(7)9-2/h14-17,59-64,69H,8-13,18-58H2,1-7H3,(H,74,75)(H,76,77)/b15-14-,17-16-/t61?,62-,63-,64-/m1/s1. The fourth-order valence-corrected chi connectivity index (χ4v) is 11.2. The quantitative estimate of drug-likeness (QED) is 0.0169. The van der Waals surface area contributed by atoms with Crippen molar-refractivity contribution in [2.45, 2.75) is 330 Å². The summed E-state index contributed by atoms with van der Waals surface area (Å²) in [5.74, 6) is 0.00419. The van der Waals surface area contributed by atoms with Gasteiger partial charge in [0.15, 0.2) is 12.2 Å². The average molecular weight is 1280 g/mol. The van der Waals surface area contributed by atoms with E-state index in [0.717, 1.165) is 121 Å². The minimum atomic E-state index is -4.96. The first-order valence-electron chi connectivity index (χ1n) is 34.7. The average Bonchev–Trinajstić information content (AvgIpc) is 3.50. The second kappa shape index (κ2) is 58.6. The molecule has 87 heavy (non-hydrogen) atoms. The minimum Gasteiger partial charge on any atom is -0.462 e. The van der Waals surface area contributed by atoms with Gasteiger partial charge in [-0.15, -0.1) is 0 Å². The van der Waals surface area contributed by atoms with Crippen LogP contribution in [-0.2, 0) is 65.4 Å². The molecule has 3 N–H and O–H groups in total. The van der Waals surface area contributed by atoms with E-state index < -0.39 is 97.5 Å². The van der Waals surface area contributed by atoms with E-state index in [2.05, 4.69) is 72.8 Å². The van der Waals surface area contributed by atoms with Gasteiger partial charge < -0.3 is 33.8 Å². The molecule has 512 valence electrons. The lowest BCUT2D eigenvalue weighted by atomic mass is 9.99. The molecule has 0 saturated heterocycles. The van der Waals surface area contributed by atoms with E-state index in [1.807, 2.05) is 0 Å². The van der Waals surface area contributed by atoms with Gasteiger partial charge in [-0.05, 0) is 69.1 Å². The van der Waals surface area contributed by atoms with Gasteiger partial charge in [-0.1, -0.05) is 259 Å². The molecule has 0 radical (unpaired) electrons.